The number of likely N-dealkylation sites (N-methyl/N-ethyl adjacent to an activating group) is 1. The zero-order valence-electron chi connectivity index (χ0n) is 18.0. The Morgan fingerprint density at radius 1 is 1.31 bits per heavy atom. The second-order valence-electron chi connectivity index (χ2n) is 8.36. The largest absolute Gasteiger partial charge is 0.463 e. The molecule has 1 aromatic heterocycles. The van der Waals surface area contributed by atoms with Crippen LogP contribution >= 0.6 is 0 Å². The number of nitrogens with one attached hydrogen (secondary N) is 2. The third-order valence-electron chi connectivity index (χ3n) is 5.71. The molecule has 2 atom stereocenters. The topological polar surface area (TPSA) is 74.4 Å². The van der Waals surface area contributed by atoms with Crippen LogP contribution in [0.25, 0.3) is 10.9 Å². The molecule has 0 bridgehead atoms. The van der Waals surface area contributed by atoms with Gasteiger partial charge in [-0.1, -0.05) is 39.7 Å². The average molecular weight is 400 g/mol. The van der Waals surface area contributed by atoms with Crippen LogP contribution in [0.4, 0.5) is 5.69 Å². The van der Waals surface area contributed by atoms with Crippen LogP contribution in [0.5, 0.6) is 0 Å². The third-order valence-corrected chi connectivity index (χ3v) is 5.71. The third kappa shape index (κ3) is 4.74. The van der Waals surface area contributed by atoms with Gasteiger partial charge in [-0.15, -0.1) is 0 Å². The number of ether oxygens (including phenoxy) is 1. The predicted octanol–water partition coefficient (Wildman–Crippen LogP) is 3.79. The molecule has 1 aromatic carbocycles. The summed E-state index contributed by atoms with van der Waals surface area (Å²) in [6.45, 7) is 6.41. The van der Waals surface area contributed by atoms with Gasteiger partial charge in [0.2, 0.25) is 5.91 Å². The van der Waals surface area contributed by atoms with Gasteiger partial charge in [-0.3, -0.25) is 9.59 Å². The van der Waals surface area contributed by atoms with Crippen molar-refractivity contribution < 1.29 is 14.3 Å². The lowest BCUT2D eigenvalue weighted by molar-refractivity contribution is -0.145. The lowest BCUT2D eigenvalue weighted by atomic mass is 10.0. The van der Waals surface area contributed by atoms with E-state index in [1.54, 1.807) is 0 Å². The van der Waals surface area contributed by atoms with Gasteiger partial charge in [0, 0.05) is 36.3 Å². The van der Waals surface area contributed by atoms with Crippen molar-refractivity contribution in [2.75, 3.05) is 18.6 Å². The molecular weight excluding hydrogens is 366 g/mol. The molecule has 1 amide bonds. The van der Waals surface area contributed by atoms with Gasteiger partial charge in [-0.25, -0.2) is 0 Å². The van der Waals surface area contributed by atoms with Gasteiger partial charge in [0.1, 0.15) is 12.6 Å². The number of amides is 1. The SMILES string of the molecule is CCCCCC(=O)OC[C@@H]1Cc2c[nH]c3cccc(c23)N(C)[C@@H](C(C)C)C(=O)N1. The number of nitrogens with zero attached hydrogens (tertiary/aromatic N) is 1. The number of anilines is 1. The monoisotopic (exact) mass is 399 g/mol. The molecule has 6 nitrogen and oxygen atoms in total. The number of carbonyl (C=O) groups is 2. The lowest BCUT2D eigenvalue weighted by Crippen LogP contribution is -2.52. The van der Waals surface area contributed by atoms with Crippen LogP contribution in [-0.2, 0) is 20.7 Å². The fourth-order valence-electron chi connectivity index (χ4n) is 4.25. The van der Waals surface area contributed by atoms with Gasteiger partial charge in [0.25, 0.3) is 0 Å². The van der Waals surface area contributed by atoms with Crippen LogP contribution in [-0.4, -0.2) is 42.6 Å². The molecule has 0 radical (unpaired) electrons. The molecule has 0 unspecified atom stereocenters. The highest BCUT2D eigenvalue weighted by atomic mass is 16.5. The van der Waals surface area contributed by atoms with Crippen LogP contribution in [0.15, 0.2) is 24.4 Å². The summed E-state index contributed by atoms with van der Waals surface area (Å²) in [5.41, 5.74) is 3.22. The highest BCUT2D eigenvalue weighted by Gasteiger charge is 2.32. The molecule has 158 valence electrons. The number of esters is 1. The smallest absolute Gasteiger partial charge is 0.305 e. The molecule has 2 aromatic rings. The van der Waals surface area contributed by atoms with Crippen molar-refractivity contribution in [3.05, 3.63) is 30.0 Å². The van der Waals surface area contributed by atoms with Crippen LogP contribution < -0.4 is 10.2 Å². The number of hydrogen-bond acceptors (Lipinski definition) is 4. The number of benzene rings is 1. The first kappa shape index (κ1) is 21.2. The first-order valence-electron chi connectivity index (χ1n) is 10.7. The Balaban J connectivity index is 1.86. The minimum absolute atomic E-state index is 0.0272. The van der Waals surface area contributed by atoms with Gasteiger partial charge in [-0.2, -0.15) is 0 Å². The van der Waals surface area contributed by atoms with E-state index in [1.807, 2.05) is 19.3 Å². The number of carbonyl (C=O) groups excluding carboxylic acids is 2. The zero-order chi connectivity index (χ0) is 21.0. The Labute approximate surface area is 173 Å². The van der Waals surface area contributed by atoms with Gasteiger partial charge >= 0.3 is 5.97 Å². The van der Waals surface area contributed by atoms with E-state index >= 15 is 0 Å². The zero-order valence-corrected chi connectivity index (χ0v) is 18.0. The number of unbranched alkanes of at least 4 members (excludes halogenated alkanes) is 2. The van der Waals surface area contributed by atoms with Crippen LogP contribution in [0.2, 0.25) is 0 Å². The van der Waals surface area contributed by atoms with E-state index in [0.717, 1.165) is 41.4 Å². The molecule has 0 aliphatic carbocycles. The summed E-state index contributed by atoms with van der Waals surface area (Å²) in [7, 11) is 1.98. The molecular formula is C23H33N3O3. The van der Waals surface area contributed by atoms with E-state index in [-0.39, 0.29) is 36.5 Å². The number of H-pyrrole nitrogens is 1. The maximum Gasteiger partial charge on any atom is 0.305 e. The normalized spacial score (nSPS) is 19.6. The van der Waals surface area contributed by atoms with E-state index in [9.17, 15) is 9.59 Å². The van der Waals surface area contributed by atoms with Crippen LogP contribution in [0, 0.1) is 5.92 Å². The highest BCUT2D eigenvalue weighted by Crippen LogP contribution is 2.33. The molecule has 29 heavy (non-hydrogen) atoms. The molecule has 0 fully saturated rings. The molecule has 2 N–H and O–H groups in total. The summed E-state index contributed by atoms with van der Waals surface area (Å²) in [4.78, 5) is 30.6. The quantitative estimate of drug-likeness (QED) is 0.549. The molecule has 6 heteroatoms. The standard InChI is InChI=1S/C23H33N3O3/c1-5-6-7-11-20(27)29-14-17-12-16-13-24-18-9-8-10-19(21(16)18)26(4)22(15(2)3)23(28)25-17/h8-10,13,15,17,22,24H,5-7,11-12,14H2,1-4H3,(H,25,28)/t17-,22-/m0/s1. The van der Waals surface area contributed by atoms with Crippen molar-refractivity contribution >= 4 is 28.5 Å². The molecule has 0 spiro atoms. The molecule has 1 aliphatic rings. The van der Waals surface area contributed by atoms with Crippen molar-refractivity contribution in [3.8, 4) is 0 Å². The Hall–Kier alpha value is -2.50. The first-order chi connectivity index (χ1) is 13.9. The van der Waals surface area contributed by atoms with E-state index in [1.165, 1.54) is 0 Å². The number of aromatic nitrogens is 1. The summed E-state index contributed by atoms with van der Waals surface area (Å²) >= 11 is 0. The first-order valence-corrected chi connectivity index (χ1v) is 10.7. The van der Waals surface area contributed by atoms with Gasteiger partial charge in [0.15, 0.2) is 0 Å². The Morgan fingerprint density at radius 2 is 2.10 bits per heavy atom. The van der Waals surface area contributed by atoms with E-state index < -0.39 is 0 Å². The van der Waals surface area contributed by atoms with Gasteiger partial charge < -0.3 is 19.9 Å². The summed E-state index contributed by atoms with van der Waals surface area (Å²) in [6, 6.07) is 5.57. The Bertz CT molecular complexity index is 858. The maximum atomic E-state index is 13.1. The summed E-state index contributed by atoms with van der Waals surface area (Å²) in [6.07, 6.45) is 5.99. The van der Waals surface area contributed by atoms with Gasteiger partial charge in [-0.05, 0) is 36.5 Å². The highest BCUT2D eigenvalue weighted by molar-refractivity contribution is 5.98. The van der Waals surface area contributed by atoms with Crippen molar-refractivity contribution in [3.63, 3.8) is 0 Å². The maximum absolute atomic E-state index is 13.1. The Morgan fingerprint density at radius 3 is 2.83 bits per heavy atom. The van der Waals surface area contributed by atoms with Crippen molar-refractivity contribution in [2.24, 2.45) is 5.92 Å². The van der Waals surface area contributed by atoms with E-state index in [4.69, 9.17) is 4.74 Å². The number of aromatic amines is 1. The van der Waals surface area contributed by atoms with E-state index in [2.05, 4.69) is 48.1 Å². The second-order valence-corrected chi connectivity index (χ2v) is 8.36. The van der Waals surface area contributed by atoms with Gasteiger partial charge in [0.05, 0.1) is 6.04 Å². The second kappa shape index (κ2) is 9.33. The van der Waals surface area contributed by atoms with Crippen molar-refractivity contribution in [1.29, 1.82) is 0 Å². The minimum Gasteiger partial charge on any atom is -0.463 e. The molecule has 2 heterocycles. The van der Waals surface area contributed by atoms with Crippen LogP contribution in [0.3, 0.4) is 0 Å². The van der Waals surface area contributed by atoms with Crippen molar-refractivity contribution in [1.82, 2.24) is 10.3 Å². The molecule has 1 aliphatic heterocycles. The van der Waals surface area contributed by atoms with E-state index in [0.29, 0.717) is 12.8 Å². The molecule has 3 rings (SSSR count). The minimum atomic E-state index is -0.302. The number of rotatable bonds is 7. The predicted molar refractivity (Wildman–Crippen MR) is 116 cm³/mol. The summed E-state index contributed by atoms with van der Waals surface area (Å²) in [5.74, 6) is -0.0848. The Kier molecular flexibility index (Phi) is 6.83. The van der Waals surface area contributed by atoms with Crippen LogP contribution in [0.1, 0.15) is 52.0 Å². The average Bonchev–Trinajstić information content (AvgIpc) is 3.09. The lowest BCUT2D eigenvalue weighted by Gasteiger charge is -2.32. The molecule has 0 saturated carbocycles. The fraction of sp³-hybridized carbons (Fsp3) is 0.565. The summed E-state index contributed by atoms with van der Waals surface area (Å²) in [5, 5.41) is 4.27. The van der Waals surface area contributed by atoms with Crippen molar-refractivity contribution in [2.45, 2.75) is 65.0 Å². The number of hydrogen-bond donors (Lipinski definition) is 2. The fourth-order valence-corrected chi connectivity index (χ4v) is 4.25. The molecule has 0 saturated heterocycles. The summed E-state index contributed by atoms with van der Waals surface area (Å²) < 4.78 is 5.52.